The summed E-state index contributed by atoms with van der Waals surface area (Å²) in [5.74, 6) is 0.781. The summed E-state index contributed by atoms with van der Waals surface area (Å²) in [5, 5.41) is 2.77. The Labute approximate surface area is 79.2 Å². The third-order valence-corrected chi connectivity index (χ3v) is 2.22. The summed E-state index contributed by atoms with van der Waals surface area (Å²) in [7, 11) is 0. The second kappa shape index (κ2) is 3.81. The third kappa shape index (κ3) is 2.23. The van der Waals surface area contributed by atoms with Crippen LogP contribution in [0.1, 0.15) is 27.7 Å². The number of alkyl carbamates (subject to hydrolysis) is 1. The minimum Gasteiger partial charge on any atom is -0.445 e. The van der Waals surface area contributed by atoms with E-state index < -0.39 is 0 Å². The standard InChI is InChI=1S/C10H17NO2/c1-6(2)8-5-13-10(12)11-9(8)7(3)4/h6-7H,5H2,1-4H3,(H,11,12). The Hall–Kier alpha value is -0.990. The molecular weight excluding hydrogens is 166 g/mol. The van der Waals surface area contributed by atoms with Crippen LogP contribution < -0.4 is 5.32 Å². The molecule has 1 amide bonds. The van der Waals surface area contributed by atoms with E-state index in [1.54, 1.807) is 0 Å². The van der Waals surface area contributed by atoms with Crippen molar-refractivity contribution in [1.29, 1.82) is 0 Å². The molecule has 0 aliphatic carbocycles. The first kappa shape index (κ1) is 10.1. The Morgan fingerprint density at radius 1 is 1.23 bits per heavy atom. The monoisotopic (exact) mass is 183 g/mol. The molecule has 0 bridgehead atoms. The molecule has 0 saturated carbocycles. The summed E-state index contributed by atoms with van der Waals surface area (Å²) in [6.07, 6.45) is -0.326. The molecular formula is C10H17NO2. The van der Waals surface area contributed by atoms with Crippen LogP contribution in [0.2, 0.25) is 0 Å². The van der Waals surface area contributed by atoms with Gasteiger partial charge in [0.1, 0.15) is 6.61 Å². The van der Waals surface area contributed by atoms with Crippen LogP contribution in [-0.4, -0.2) is 12.7 Å². The van der Waals surface area contributed by atoms with Gasteiger partial charge >= 0.3 is 6.09 Å². The van der Waals surface area contributed by atoms with Crippen molar-refractivity contribution < 1.29 is 9.53 Å². The quantitative estimate of drug-likeness (QED) is 0.713. The maximum atomic E-state index is 11.0. The molecule has 1 N–H and O–H groups in total. The van der Waals surface area contributed by atoms with Crippen molar-refractivity contribution in [3.8, 4) is 0 Å². The summed E-state index contributed by atoms with van der Waals surface area (Å²) < 4.78 is 4.92. The maximum Gasteiger partial charge on any atom is 0.411 e. The normalized spacial score (nSPS) is 17.8. The number of ether oxygens (including phenoxy) is 1. The number of carbonyl (C=O) groups is 1. The highest BCUT2D eigenvalue weighted by Gasteiger charge is 2.22. The van der Waals surface area contributed by atoms with Crippen LogP contribution in [0.5, 0.6) is 0 Å². The SMILES string of the molecule is CC(C)C1=C(C(C)C)NC(=O)OC1. The van der Waals surface area contributed by atoms with Gasteiger partial charge in [0.15, 0.2) is 0 Å². The zero-order chi connectivity index (χ0) is 10.0. The summed E-state index contributed by atoms with van der Waals surface area (Å²) in [6, 6.07) is 0. The van der Waals surface area contributed by atoms with Crippen LogP contribution in [0, 0.1) is 11.8 Å². The fraction of sp³-hybridized carbons (Fsp3) is 0.700. The summed E-state index contributed by atoms with van der Waals surface area (Å²) in [5.41, 5.74) is 2.24. The molecule has 3 heteroatoms. The van der Waals surface area contributed by atoms with E-state index in [9.17, 15) is 4.79 Å². The van der Waals surface area contributed by atoms with E-state index in [0.717, 1.165) is 5.70 Å². The first-order valence-corrected chi connectivity index (χ1v) is 4.69. The van der Waals surface area contributed by atoms with Crippen LogP contribution in [0.15, 0.2) is 11.3 Å². The second-order valence-corrected chi connectivity index (χ2v) is 3.95. The van der Waals surface area contributed by atoms with Gasteiger partial charge in [0.2, 0.25) is 0 Å². The predicted molar refractivity (Wildman–Crippen MR) is 51.2 cm³/mol. The van der Waals surface area contributed by atoms with Gasteiger partial charge in [0, 0.05) is 5.70 Å². The summed E-state index contributed by atoms with van der Waals surface area (Å²) >= 11 is 0. The molecule has 0 spiro atoms. The van der Waals surface area contributed by atoms with E-state index in [0.29, 0.717) is 18.4 Å². The molecule has 0 unspecified atom stereocenters. The molecule has 1 rings (SSSR count). The number of allylic oxidation sites excluding steroid dienone is 1. The molecule has 0 aromatic rings. The van der Waals surface area contributed by atoms with Crippen molar-refractivity contribution in [2.24, 2.45) is 11.8 Å². The van der Waals surface area contributed by atoms with Crippen LogP contribution >= 0.6 is 0 Å². The lowest BCUT2D eigenvalue weighted by Crippen LogP contribution is -2.34. The van der Waals surface area contributed by atoms with Gasteiger partial charge < -0.3 is 4.74 Å². The lowest BCUT2D eigenvalue weighted by atomic mass is 9.95. The molecule has 74 valence electrons. The van der Waals surface area contributed by atoms with Crippen LogP contribution in [0.25, 0.3) is 0 Å². The number of rotatable bonds is 2. The van der Waals surface area contributed by atoms with E-state index in [-0.39, 0.29) is 6.09 Å². The summed E-state index contributed by atoms with van der Waals surface area (Å²) in [6.45, 7) is 8.81. The molecule has 1 aliphatic rings. The molecule has 13 heavy (non-hydrogen) atoms. The first-order chi connectivity index (χ1) is 6.02. The molecule has 1 aliphatic heterocycles. The van der Waals surface area contributed by atoms with Crippen molar-refractivity contribution >= 4 is 6.09 Å². The smallest absolute Gasteiger partial charge is 0.411 e. The highest BCUT2D eigenvalue weighted by molar-refractivity contribution is 5.71. The first-order valence-electron chi connectivity index (χ1n) is 4.69. The van der Waals surface area contributed by atoms with Crippen LogP contribution in [0.4, 0.5) is 4.79 Å². The third-order valence-electron chi connectivity index (χ3n) is 2.22. The minimum absolute atomic E-state index is 0.326. The number of cyclic esters (lactones) is 1. The minimum atomic E-state index is -0.326. The Kier molecular flexibility index (Phi) is 2.96. The van der Waals surface area contributed by atoms with Crippen molar-refractivity contribution in [2.75, 3.05) is 6.61 Å². The topological polar surface area (TPSA) is 38.3 Å². The maximum absolute atomic E-state index is 11.0. The number of carbonyl (C=O) groups excluding carboxylic acids is 1. The zero-order valence-electron chi connectivity index (χ0n) is 8.68. The Bertz CT molecular complexity index is 241. The van der Waals surface area contributed by atoms with Gasteiger partial charge in [-0.1, -0.05) is 27.7 Å². The fourth-order valence-electron chi connectivity index (χ4n) is 1.44. The molecule has 3 nitrogen and oxygen atoms in total. The number of hydrogen-bond acceptors (Lipinski definition) is 2. The van der Waals surface area contributed by atoms with Crippen LogP contribution in [0.3, 0.4) is 0 Å². The number of hydrogen-bond donors (Lipinski definition) is 1. The van der Waals surface area contributed by atoms with Gasteiger partial charge in [-0.2, -0.15) is 0 Å². The largest absolute Gasteiger partial charge is 0.445 e. The molecule has 0 saturated heterocycles. The van der Waals surface area contributed by atoms with Crippen LogP contribution in [-0.2, 0) is 4.74 Å². The molecule has 0 aromatic heterocycles. The molecule has 0 aromatic carbocycles. The van der Waals surface area contributed by atoms with E-state index in [1.807, 2.05) is 0 Å². The molecule has 0 radical (unpaired) electrons. The molecule has 0 fully saturated rings. The van der Waals surface area contributed by atoms with Crippen molar-refractivity contribution in [1.82, 2.24) is 5.32 Å². The van der Waals surface area contributed by atoms with Crippen molar-refractivity contribution in [3.05, 3.63) is 11.3 Å². The van der Waals surface area contributed by atoms with E-state index >= 15 is 0 Å². The van der Waals surface area contributed by atoms with Gasteiger partial charge in [-0.3, -0.25) is 5.32 Å². The summed E-state index contributed by atoms with van der Waals surface area (Å²) in [4.78, 5) is 11.0. The van der Waals surface area contributed by atoms with Gasteiger partial charge in [-0.15, -0.1) is 0 Å². The Balaban J connectivity index is 2.93. The average Bonchev–Trinajstić information content (AvgIpc) is 2.03. The van der Waals surface area contributed by atoms with E-state index in [2.05, 4.69) is 33.0 Å². The van der Waals surface area contributed by atoms with Crippen molar-refractivity contribution in [2.45, 2.75) is 27.7 Å². The van der Waals surface area contributed by atoms with E-state index in [4.69, 9.17) is 4.74 Å². The molecule has 1 heterocycles. The number of amides is 1. The fourth-order valence-corrected chi connectivity index (χ4v) is 1.44. The Morgan fingerprint density at radius 3 is 2.31 bits per heavy atom. The predicted octanol–water partition coefficient (Wildman–Crippen LogP) is 2.29. The van der Waals surface area contributed by atoms with E-state index in [1.165, 1.54) is 5.57 Å². The lowest BCUT2D eigenvalue weighted by Gasteiger charge is -2.26. The lowest BCUT2D eigenvalue weighted by molar-refractivity contribution is 0.147. The molecule has 0 atom stereocenters. The van der Waals surface area contributed by atoms with Gasteiger partial charge in [-0.25, -0.2) is 4.79 Å². The average molecular weight is 183 g/mol. The number of nitrogens with one attached hydrogen (secondary N) is 1. The highest BCUT2D eigenvalue weighted by Crippen LogP contribution is 2.22. The van der Waals surface area contributed by atoms with Gasteiger partial charge in [0.05, 0.1) is 0 Å². The van der Waals surface area contributed by atoms with Gasteiger partial charge in [0.25, 0.3) is 0 Å². The highest BCUT2D eigenvalue weighted by atomic mass is 16.5. The second-order valence-electron chi connectivity index (χ2n) is 3.95. The Morgan fingerprint density at radius 2 is 1.85 bits per heavy atom. The zero-order valence-corrected chi connectivity index (χ0v) is 8.68. The van der Waals surface area contributed by atoms with Crippen molar-refractivity contribution in [3.63, 3.8) is 0 Å². The van der Waals surface area contributed by atoms with Gasteiger partial charge in [-0.05, 0) is 17.4 Å².